The van der Waals surface area contributed by atoms with E-state index in [1.165, 1.54) is 19.2 Å². The Labute approximate surface area is 200 Å². The predicted molar refractivity (Wildman–Crippen MR) is 130 cm³/mol. The lowest BCUT2D eigenvalue weighted by Crippen LogP contribution is -2.48. The zero-order chi connectivity index (χ0) is 24.3. The third-order valence-corrected chi connectivity index (χ3v) is 8.25. The third-order valence-electron chi connectivity index (χ3n) is 6.76. The summed E-state index contributed by atoms with van der Waals surface area (Å²) in [7, 11) is -2.46. The van der Waals surface area contributed by atoms with Gasteiger partial charge in [0, 0.05) is 22.7 Å². The fraction of sp³-hybridized carbons (Fsp3) is 0.385. The predicted octanol–water partition coefficient (Wildman–Crippen LogP) is 4.52. The number of para-hydroxylation sites is 1. The van der Waals surface area contributed by atoms with Crippen molar-refractivity contribution in [2.75, 3.05) is 7.11 Å². The molecule has 0 aliphatic heterocycles. The van der Waals surface area contributed by atoms with Gasteiger partial charge in [-0.05, 0) is 62.6 Å². The number of carbonyl (C=O) groups is 1. The number of methoxy groups -OCH3 is 1. The molecule has 1 fully saturated rings. The second-order valence-electron chi connectivity index (χ2n) is 8.77. The highest BCUT2D eigenvalue weighted by Crippen LogP contribution is 2.43. The maximum absolute atomic E-state index is 13.1. The number of ether oxygens (including phenoxy) is 2. The molecule has 1 N–H and O–H groups in total. The average molecular weight is 483 g/mol. The molecule has 0 radical (unpaired) electrons. The topological polar surface area (TPSA) is 94.6 Å². The van der Waals surface area contributed by atoms with Crippen molar-refractivity contribution >= 4 is 26.9 Å². The van der Waals surface area contributed by atoms with Gasteiger partial charge in [0.25, 0.3) is 0 Å². The van der Waals surface area contributed by atoms with E-state index in [9.17, 15) is 13.2 Å². The Kier molecular flexibility index (Phi) is 6.91. The summed E-state index contributed by atoms with van der Waals surface area (Å²) in [6.45, 7) is 4.18. The smallest absolute Gasteiger partial charge is 0.313 e. The number of benzene rings is 2. The van der Waals surface area contributed by atoms with Crippen molar-refractivity contribution < 1.29 is 22.7 Å². The van der Waals surface area contributed by atoms with Crippen LogP contribution in [0.4, 0.5) is 0 Å². The van der Waals surface area contributed by atoms with E-state index in [0.29, 0.717) is 31.6 Å². The van der Waals surface area contributed by atoms with Crippen molar-refractivity contribution in [3.8, 4) is 5.75 Å². The summed E-state index contributed by atoms with van der Waals surface area (Å²) in [6, 6.07) is 15.7. The molecule has 1 aliphatic carbocycles. The lowest BCUT2D eigenvalue weighted by atomic mass is 9.80. The molecule has 1 heterocycles. The fourth-order valence-corrected chi connectivity index (χ4v) is 6.25. The second-order valence-corrected chi connectivity index (χ2v) is 10.5. The summed E-state index contributed by atoms with van der Waals surface area (Å²) >= 11 is 0. The highest BCUT2D eigenvalue weighted by molar-refractivity contribution is 7.89. The molecule has 1 saturated carbocycles. The van der Waals surface area contributed by atoms with Crippen molar-refractivity contribution in [2.24, 2.45) is 5.41 Å². The van der Waals surface area contributed by atoms with Crippen LogP contribution in [0.1, 0.15) is 43.9 Å². The molecule has 34 heavy (non-hydrogen) atoms. The zero-order valence-corrected chi connectivity index (χ0v) is 20.5. The van der Waals surface area contributed by atoms with Crippen molar-refractivity contribution in [2.45, 2.75) is 57.1 Å². The van der Waals surface area contributed by atoms with Crippen LogP contribution < -0.4 is 9.46 Å². The maximum Gasteiger partial charge on any atom is 0.313 e. The summed E-state index contributed by atoms with van der Waals surface area (Å²) in [5.74, 6) is 0.207. The number of fused-ring (bicyclic) bond motifs is 1. The van der Waals surface area contributed by atoms with Gasteiger partial charge >= 0.3 is 5.97 Å². The molecule has 180 valence electrons. The third kappa shape index (κ3) is 4.65. The molecule has 0 saturated heterocycles. The highest BCUT2D eigenvalue weighted by atomic mass is 32.2. The lowest BCUT2D eigenvalue weighted by Gasteiger charge is -2.32. The summed E-state index contributed by atoms with van der Waals surface area (Å²) < 4.78 is 39.8. The van der Waals surface area contributed by atoms with E-state index in [1.54, 1.807) is 12.1 Å². The minimum absolute atomic E-state index is 0.131. The maximum atomic E-state index is 13.1. The number of esters is 1. The quantitative estimate of drug-likeness (QED) is 0.474. The number of sulfonamides is 1. The van der Waals surface area contributed by atoms with Gasteiger partial charge in [0.05, 0.1) is 22.9 Å². The molecule has 0 amide bonds. The number of carbonyl (C=O) groups excluding carboxylic acids is 1. The van der Waals surface area contributed by atoms with Gasteiger partial charge in [-0.2, -0.15) is 0 Å². The van der Waals surface area contributed by atoms with E-state index in [1.807, 2.05) is 44.2 Å². The Morgan fingerprint density at radius 2 is 1.91 bits per heavy atom. The molecule has 3 aromatic rings. The first kappa shape index (κ1) is 24.2. The first-order valence-electron chi connectivity index (χ1n) is 11.5. The van der Waals surface area contributed by atoms with E-state index in [4.69, 9.17) is 9.47 Å². The molecule has 1 aromatic heterocycles. The van der Waals surface area contributed by atoms with E-state index in [-0.39, 0.29) is 10.9 Å². The van der Waals surface area contributed by atoms with Crippen LogP contribution >= 0.6 is 0 Å². The van der Waals surface area contributed by atoms with Crippen LogP contribution in [0.2, 0.25) is 0 Å². The summed E-state index contributed by atoms with van der Waals surface area (Å²) in [5.41, 5.74) is 2.01. The Morgan fingerprint density at radius 1 is 1.18 bits per heavy atom. The average Bonchev–Trinajstić information content (AvgIpc) is 3.25. The fourth-order valence-electron chi connectivity index (χ4n) is 4.90. The molecule has 0 unspecified atom stereocenters. The van der Waals surface area contributed by atoms with Gasteiger partial charge in [0.1, 0.15) is 12.4 Å². The molecular weight excluding hydrogens is 452 g/mol. The number of aromatic nitrogens is 1. The van der Waals surface area contributed by atoms with Crippen LogP contribution in [-0.2, 0) is 26.2 Å². The Bertz CT molecular complexity index is 1290. The molecule has 7 nitrogen and oxygen atoms in total. The lowest BCUT2D eigenvalue weighted by molar-refractivity contribution is -0.153. The van der Waals surface area contributed by atoms with Crippen LogP contribution in [0.3, 0.4) is 0 Å². The molecule has 8 heteroatoms. The van der Waals surface area contributed by atoms with Gasteiger partial charge < -0.3 is 9.47 Å². The van der Waals surface area contributed by atoms with Crippen LogP contribution in [0.25, 0.3) is 10.9 Å². The van der Waals surface area contributed by atoms with E-state index in [0.717, 1.165) is 28.6 Å². The molecule has 4 rings (SSSR count). The largest absolute Gasteiger partial charge is 0.489 e. The Hall–Kier alpha value is -2.97. The minimum atomic E-state index is -3.81. The number of aryl methyl sites for hydroxylation is 1. The van der Waals surface area contributed by atoms with Gasteiger partial charge in [-0.1, -0.05) is 31.5 Å². The van der Waals surface area contributed by atoms with E-state index in [2.05, 4.69) is 9.71 Å². The molecule has 1 aliphatic rings. The van der Waals surface area contributed by atoms with Crippen molar-refractivity contribution in [3.05, 3.63) is 65.9 Å². The van der Waals surface area contributed by atoms with Crippen molar-refractivity contribution in [3.63, 3.8) is 0 Å². The first-order chi connectivity index (χ1) is 16.3. The van der Waals surface area contributed by atoms with Gasteiger partial charge in [-0.25, -0.2) is 13.1 Å². The number of hydrogen-bond donors (Lipinski definition) is 1. The van der Waals surface area contributed by atoms with Gasteiger partial charge in [-0.15, -0.1) is 0 Å². The van der Waals surface area contributed by atoms with Crippen LogP contribution in [0.5, 0.6) is 5.75 Å². The summed E-state index contributed by atoms with van der Waals surface area (Å²) in [5, 5.41) is 1.03. The Morgan fingerprint density at radius 3 is 2.62 bits per heavy atom. The molecule has 2 atom stereocenters. The monoisotopic (exact) mass is 482 g/mol. The van der Waals surface area contributed by atoms with Crippen LogP contribution in [0, 0.1) is 12.3 Å². The van der Waals surface area contributed by atoms with E-state index < -0.39 is 21.5 Å². The second kappa shape index (κ2) is 9.72. The van der Waals surface area contributed by atoms with Crippen molar-refractivity contribution in [1.29, 1.82) is 0 Å². The zero-order valence-electron chi connectivity index (χ0n) is 19.7. The number of rotatable bonds is 8. The number of nitrogens with one attached hydrogen (secondary N) is 1. The van der Waals surface area contributed by atoms with E-state index >= 15 is 0 Å². The number of pyridine rings is 1. The van der Waals surface area contributed by atoms with Gasteiger partial charge in [-0.3, -0.25) is 9.78 Å². The van der Waals surface area contributed by atoms with Crippen LogP contribution in [0.15, 0.2) is 59.5 Å². The number of nitrogens with zero attached hydrogens (tertiary/aromatic N) is 1. The molecule has 2 aromatic carbocycles. The van der Waals surface area contributed by atoms with Crippen LogP contribution in [-0.4, -0.2) is 32.5 Å². The number of hydrogen-bond acceptors (Lipinski definition) is 6. The van der Waals surface area contributed by atoms with Gasteiger partial charge in [0.2, 0.25) is 10.0 Å². The Balaban J connectivity index is 1.48. The molecular formula is C26H30N2O5S. The normalized spacial score (nSPS) is 20.4. The first-order valence-corrected chi connectivity index (χ1v) is 13.0. The minimum Gasteiger partial charge on any atom is -0.489 e. The standard InChI is InChI=1S/C26H30N2O5S/c1-4-26(25(29)32-3)15-7-10-24(26)28-34(30,31)21-13-11-20(12-14-21)33-17-19-16-18(2)27-23-9-6-5-8-22(19)23/h5-6,8-9,11-14,16,24,28H,4,7,10,15,17H2,1-3H3/t24-,26+/m1/s1. The molecule has 0 bridgehead atoms. The molecule has 0 spiro atoms. The SMILES string of the molecule is CC[C@]1(C(=O)OC)CCC[C@H]1NS(=O)(=O)c1ccc(OCc2cc(C)nc3ccccc23)cc1. The highest BCUT2D eigenvalue weighted by Gasteiger charge is 2.50. The summed E-state index contributed by atoms with van der Waals surface area (Å²) in [6.07, 6.45) is 2.50. The summed E-state index contributed by atoms with van der Waals surface area (Å²) in [4.78, 5) is 17.1. The van der Waals surface area contributed by atoms with Crippen molar-refractivity contribution in [1.82, 2.24) is 9.71 Å². The van der Waals surface area contributed by atoms with Gasteiger partial charge in [0.15, 0.2) is 0 Å².